The van der Waals surface area contributed by atoms with Crippen molar-refractivity contribution in [2.45, 2.75) is 84.0 Å². The van der Waals surface area contributed by atoms with Gasteiger partial charge in [0.2, 0.25) is 0 Å². The lowest BCUT2D eigenvalue weighted by Gasteiger charge is -2.31. The van der Waals surface area contributed by atoms with Gasteiger partial charge in [-0.05, 0) is 47.6 Å². The first kappa shape index (κ1) is 18.1. The monoisotopic (exact) mass is 389 g/mol. The van der Waals surface area contributed by atoms with Crippen molar-refractivity contribution in [3.63, 3.8) is 0 Å². The molecule has 0 aliphatic carbocycles. The number of halogens is 1. The maximum atomic E-state index is 2.49. The van der Waals surface area contributed by atoms with Gasteiger partial charge in [-0.3, -0.25) is 0 Å². The Kier molecular flexibility index (Phi) is 8.23. The van der Waals surface area contributed by atoms with Crippen molar-refractivity contribution in [3.8, 4) is 0 Å². The third kappa shape index (κ3) is 5.09. The van der Waals surface area contributed by atoms with E-state index in [1.165, 1.54) is 67.2 Å². The molecule has 1 atom stereocenters. The summed E-state index contributed by atoms with van der Waals surface area (Å²) < 4.78 is 3.75. The van der Waals surface area contributed by atoms with E-state index in [1.54, 1.807) is 0 Å². The first-order valence-electron chi connectivity index (χ1n) is 8.37. The summed E-state index contributed by atoms with van der Waals surface area (Å²) >= 11 is 2.44. The predicted octanol–water partition coefficient (Wildman–Crippen LogP) is 6.44. The van der Waals surface area contributed by atoms with Gasteiger partial charge in [0.05, 0.1) is 3.70 Å². The van der Waals surface area contributed by atoms with Crippen LogP contribution in [0.25, 0.3) is 0 Å². The van der Waals surface area contributed by atoms with Crippen LogP contribution in [-0.4, -0.2) is 4.57 Å². The Bertz CT molecular complexity index is 383. The molecule has 0 saturated carbocycles. The van der Waals surface area contributed by atoms with Crippen LogP contribution in [0.2, 0.25) is 0 Å². The van der Waals surface area contributed by atoms with E-state index in [4.69, 9.17) is 0 Å². The van der Waals surface area contributed by atoms with Gasteiger partial charge < -0.3 is 4.57 Å². The summed E-state index contributed by atoms with van der Waals surface area (Å²) in [5.41, 5.74) is 1.90. The number of hydrogen-bond acceptors (Lipinski definition) is 0. The minimum atomic E-state index is 0.362. The third-order valence-corrected chi connectivity index (χ3v) is 5.68. The fraction of sp³-hybridized carbons (Fsp3) is 0.778. The van der Waals surface area contributed by atoms with Gasteiger partial charge in [-0.1, -0.05) is 65.7 Å². The van der Waals surface area contributed by atoms with Crippen molar-refractivity contribution in [1.82, 2.24) is 4.57 Å². The minimum absolute atomic E-state index is 0.362. The molecule has 1 aromatic rings. The van der Waals surface area contributed by atoms with E-state index in [0.717, 1.165) is 0 Å². The van der Waals surface area contributed by atoms with E-state index in [2.05, 4.69) is 67.1 Å². The molecule has 1 nitrogen and oxygen atoms in total. The number of unbranched alkanes of at least 4 members (excludes halogenated alkanes) is 5. The largest absolute Gasteiger partial charge is 0.343 e. The second-order valence-electron chi connectivity index (χ2n) is 6.43. The van der Waals surface area contributed by atoms with Crippen molar-refractivity contribution in [2.75, 3.05) is 0 Å². The molecule has 1 unspecified atom stereocenters. The number of hydrogen-bond donors (Lipinski definition) is 0. The second-order valence-corrected chi connectivity index (χ2v) is 7.53. The third-order valence-electron chi connectivity index (χ3n) is 4.59. The van der Waals surface area contributed by atoms with Crippen molar-refractivity contribution in [1.29, 1.82) is 0 Å². The zero-order valence-corrected chi connectivity index (χ0v) is 16.0. The Morgan fingerprint density at radius 2 is 1.50 bits per heavy atom. The molecule has 0 bridgehead atoms. The zero-order chi connectivity index (χ0) is 15.0. The van der Waals surface area contributed by atoms with Crippen LogP contribution in [0.5, 0.6) is 0 Å². The molecular weight excluding hydrogens is 357 g/mol. The SMILES string of the molecule is CCCCCCC(C)(CCCCC)c1ccc(I)n1C. The molecule has 0 spiro atoms. The highest BCUT2D eigenvalue weighted by atomic mass is 127. The quantitative estimate of drug-likeness (QED) is 0.321. The molecule has 0 radical (unpaired) electrons. The van der Waals surface area contributed by atoms with Crippen molar-refractivity contribution in [3.05, 3.63) is 21.5 Å². The van der Waals surface area contributed by atoms with Crippen LogP contribution < -0.4 is 0 Å². The molecule has 0 aromatic carbocycles. The van der Waals surface area contributed by atoms with Gasteiger partial charge >= 0.3 is 0 Å². The fourth-order valence-corrected chi connectivity index (χ4v) is 3.62. The van der Waals surface area contributed by atoms with E-state index in [1.807, 2.05) is 0 Å². The smallest absolute Gasteiger partial charge is 0.0797 e. The maximum Gasteiger partial charge on any atom is 0.0797 e. The van der Waals surface area contributed by atoms with Crippen molar-refractivity contribution < 1.29 is 0 Å². The van der Waals surface area contributed by atoms with Gasteiger partial charge in [0.15, 0.2) is 0 Å². The average molecular weight is 389 g/mol. The first-order chi connectivity index (χ1) is 9.55. The highest BCUT2D eigenvalue weighted by Gasteiger charge is 2.28. The van der Waals surface area contributed by atoms with Crippen LogP contribution in [0.4, 0.5) is 0 Å². The summed E-state index contributed by atoms with van der Waals surface area (Å²) in [7, 11) is 2.22. The Morgan fingerprint density at radius 3 is 2.00 bits per heavy atom. The molecule has 0 N–H and O–H groups in total. The van der Waals surface area contributed by atoms with Gasteiger partial charge in [0.1, 0.15) is 0 Å². The van der Waals surface area contributed by atoms with Crippen LogP contribution in [0, 0.1) is 3.70 Å². The predicted molar refractivity (Wildman–Crippen MR) is 98.4 cm³/mol. The standard InChI is InChI=1S/C18H32IN/c1-5-7-9-11-15-18(3,14-10-8-6-2)16-12-13-17(19)20(16)4/h12-13H,5-11,14-15H2,1-4H3. The molecule has 1 rings (SSSR count). The lowest BCUT2D eigenvalue weighted by atomic mass is 9.77. The lowest BCUT2D eigenvalue weighted by Crippen LogP contribution is -2.25. The van der Waals surface area contributed by atoms with E-state index >= 15 is 0 Å². The van der Waals surface area contributed by atoms with Gasteiger partial charge in [-0.15, -0.1) is 0 Å². The van der Waals surface area contributed by atoms with Crippen LogP contribution in [0.15, 0.2) is 12.1 Å². The topological polar surface area (TPSA) is 4.93 Å². The molecule has 0 aliphatic heterocycles. The Balaban J connectivity index is 2.74. The second kappa shape index (κ2) is 9.11. The number of nitrogens with zero attached hydrogens (tertiary/aromatic N) is 1. The molecule has 1 aromatic heterocycles. The zero-order valence-electron chi connectivity index (χ0n) is 13.8. The molecule has 20 heavy (non-hydrogen) atoms. The van der Waals surface area contributed by atoms with Gasteiger partial charge in [-0.25, -0.2) is 0 Å². The van der Waals surface area contributed by atoms with Crippen LogP contribution in [-0.2, 0) is 12.5 Å². The molecule has 0 saturated heterocycles. The summed E-state index contributed by atoms with van der Waals surface area (Å²) in [6.45, 7) is 7.07. The van der Waals surface area contributed by atoms with E-state index in [-0.39, 0.29) is 0 Å². The van der Waals surface area contributed by atoms with Crippen molar-refractivity contribution in [2.24, 2.45) is 7.05 Å². The van der Waals surface area contributed by atoms with Gasteiger partial charge in [0, 0.05) is 18.2 Å². The Morgan fingerprint density at radius 1 is 0.950 bits per heavy atom. The fourth-order valence-electron chi connectivity index (χ4n) is 3.18. The highest BCUT2D eigenvalue weighted by molar-refractivity contribution is 14.1. The maximum absolute atomic E-state index is 2.49. The Labute approximate surface area is 139 Å². The molecule has 1 heterocycles. The van der Waals surface area contributed by atoms with E-state index < -0.39 is 0 Å². The van der Waals surface area contributed by atoms with Crippen molar-refractivity contribution >= 4 is 22.6 Å². The molecule has 0 aliphatic rings. The van der Waals surface area contributed by atoms with Gasteiger partial charge in [-0.2, -0.15) is 0 Å². The minimum Gasteiger partial charge on any atom is -0.343 e. The molecular formula is C18H32IN. The van der Waals surface area contributed by atoms with Crippen LogP contribution >= 0.6 is 22.6 Å². The van der Waals surface area contributed by atoms with Crippen LogP contribution in [0.1, 0.15) is 84.3 Å². The Hall–Kier alpha value is 0.01000. The molecule has 0 amide bonds. The average Bonchev–Trinajstić information content (AvgIpc) is 2.76. The van der Waals surface area contributed by atoms with Gasteiger partial charge in [0.25, 0.3) is 0 Å². The highest BCUT2D eigenvalue weighted by Crippen LogP contribution is 2.36. The summed E-state index contributed by atoms with van der Waals surface area (Å²) in [5.74, 6) is 0. The summed E-state index contributed by atoms with van der Waals surface area (Å²) in [6.07, 6.45) is 12.2. The summed E-state index contributed by atoms with van der Waals surface area (Å²) in [5, 5.41) is 0. The normalized spacial score (nSPS) is 14.4. The first-order valence-corrected chi connectivity index (χ1v) is 9.44. The molecule has 116 valence electrons. The van der Waals surface area contributed by atoms with Crippen LogP contribution in [0.3, 0.4) is 0 Å². The van der Waals surface area contributed by atoms with E-state index in [9.17, 15) is 0 Å². The molecule has 0 fully saturated rings. The number of aromatic nitrogens is 1. The molecule has 2 heteroatoms. The summed E-state index contributed by atoms with van der Waals surface area (Å²) in [6, 6.07) is 4.62. The summed E-state index contributed by atoms with van der Waals surface area (Å²) in [4.78, 5) is 0. The van der Waals surface area contributed by atoms with E-state index in [0.29, 0.717) is 5.41 Å². The number of rotatable bonds is 10. The lowest BCUT2D eigenvalue weighted by molar-refractivity contribution is 0.348.